The minimum atomic E-state index is 0.266. The Labute approximate surface area is 128 Å². The molecule has 2 aromatic rings. The number of hydrogen-bond donors (Lipinski definition) is 0. The summed E-state index contributed by atoms with van der Waals surface area (Å²) < 4.78 is 0. The minimum absolute atomic E-state index is 0.266. The van der Waals surface area contributed by atoms with Gasteiger partial charge in [0.2, 0.25) is 5.91 Å². The van der Waals surface area contributed by atoms with Gasteiger partial charge in [0.15, 0.2) is 0 Å². The lowest BCUT2D eigenvalue weighted by Crippen LogP contribution is -2.39. The van der Waals surface area contributed by atoms with Gasteiger partial charge in [-0.1, -0.05) is 6.07 Å². The summed E-state index contributed by atoms with van der Waals surface area (Å²) in [6.45, 7) is 1.67. The molecule has 21 heavy (non-hydrogen) atoms. The molecule has 0 bridgehead atoms. The normalized spacial score (nSPS) is 18.7. The first-order chi connectivity index (χ1) is 10.3. The molecule has 0 spiro atoms. The van der Waals surface area contributed by atoms with E-state index in [0.29, 0.717) is 12.3 Å². The Morgan fingerprint density at radius 1 is 1.43 bits per heavy atom. The van der Waals surface area contributed by atoms with Crippen molar-refractivity contribution in [2.45, 2.75) is 31.6 Å². The first-order valence-corrected chi connectivity index (χ1v) is 8.27. The number of rotatable bonds is 4. The van der Waals surface area contributed by atoms with Crippen LogP contribution >= 0.6 is 11.3 Å². The van der Waals surface area contributed by atoms with Crippen molar-refractivity contribution in [3.8, 4) is 0 Å². The van der Waals surface area contributed by atoms with Crippen LogP contribution in [0.1, 0.15) is 35.8 Å². The summed E-state index contributed by atoms with van der Waals surface area (Å²) in [5.41, 5.74) is 1.06. The van der Waals surface area contributed by atoms with E-state index in [-0.39, 0.29) is 5.91 Å². The summed E-state index contributed by atoms with van der Waals surface area (Å²) in [5.74, 6) is 0.620. The monoisotopic (exact) mass is 301 g/mol. The number of piperidine rings is 1. The Morgan fingerprint density at radius 2 is 2.38 bits per heavy atom. The Kier molecular flexibility index (Phi) is 4.60. The van der Waals surface area contributed by atoms with Crippen molar-refractivity contribution in [2.24, 2.45) is 0 Å². The number of carbonyl (C=O) groups is 1. The lowest BCUT2D eigenvalue weighted by molar-refractivity contribution is -0.132. The van der Waals surface area contributed by atoms with Crippen LogP contribution in [0, 0.1) is 0 Å². The second-order valence-corrected chi connectivity index (χ2v) is 6.42. The molecule has 3 rings (SSSR count). The maximum absolute atomic E-state index is 12.4. The molecule has 0 unspecified atom stereocenters. The third kappa shape index (κ3) is 3.67. The molecule has 2 aromatic heterocycles. The molecule has 1 amide bonds. The van der Waals surface area contributed by atoms with Gasteiger partial charge in [-0.05, 0) is 36.8 Å². The molecule has 0 aromatic carbocycles. The van der Waals surface area contributed by atoms with Crippen molar-refractivity contribution in [3.05, 3.63) is 46.7 Å². The quantitative estimate of drug-likeness (QED) is 0.872. The molecule has 110 valence electrons. The molecule has 5 heteroatoms. The van der Waals surface area contributed by atoms with Crippen LogP contribution in [0.4, 0.5) is 0 Å². The maximum Gasteiger partial charge on any atom is 0.222 e. The lowest BCUT2D eigenvalue weighted by Gasteiger charge is -2.32. The summed E-state index contributed by atoms with van der Waals surface area (Å²) in [5, 5.41) is 2.06. The number of carbonyl (C=O) groups excluding carboxylic acids is 1. The van der Waals surface area contributed by atoms with Crippen LogP contribution < -0.4 is 0 Å². The van der Waals surface area contributed by atoms with Gasteiger partial charge >= 0.3 is 0 Å². The molecule has 0 radical (unpaired) electrons. The summed E-state index contributed by atoms with van der Waals surface area (Å²) in [7, 11) is 0. The molecule has 1 aliphatic heterocycles. The van der Waals surface area contributed by atoms with Crippen molar-refractivity contribution >= 4 is 17.2 Å². The van der Waals surface area contributed by atoms with Gasteiger partial charge in [-0.25, -0.2) is 9.97 Å². The van der Waals surface area contributed by atoms with E-state index >= 15 is 0 Å². The zero-order valence-electron chi connectivity index (χ0n) is 11.9. The van der Waals surface area contributed by atoms with Gasteiger partial charge in [-0.3, -0.25) is 4.79 Å². The van der Waals surface area contributed by atoms with Gasteiger partial charge < -0.3 is 4.90 Å². The van der Waals surface area contributed by atoms with E-state index in [9.17, 15) is 4.79 Å². The smallest absolute Gasteiger partial charge is 0.222 e. The third-order valence-electron chi connectivity index (χ3n) is 3.96. The lowest BCUT2D eigenvalue weighted by atomic mass is 9.94. The van der Waals surface area contributed by atoms with Crippen LogP contribution in [0.3, 0.4) is 0 Å². The predicted molar refractivity (Wildman–Crippen MR) is 83.2 cm³/mol. The highest BCUT2D eigenvalue weighted by Crippen LogP contribution is 2.25. The number of likely N-dealkylation sites (tertiary alicyclic amines) is 1. The summed E-state index contributed by atoms with van der Waals surface area (Å²) in [4.78, 5) is 24.0. The second kappa shape index (κ2) is 6.80. The van der Waals surface area contributed by atoms with Gasteiger partial charge in [0, 0.05) is 42.2 Å². The molecule has 1 aliphatic rings. The van der Waals surface area contributed by atoms with Crippen LogP contribution in [-0.2, 0) is 11.2 Å². The van der Waals surface area contributed by atoms with Crippen LogP contribution in [0.5, 0.6) is 0 Å². The molecule has 1 saturated heterocycles. The Hall–Kier alpha value is -1.75. The van der Waals surface area contributed by atoms with Crippen molar-refractivity contribution in [2.75, 3.05) is 13.1 Å². The zero-order valence-corrected chi connectivity index (χ0v) is 12.8. The van der Waals surface area contributed by atoms with Gasteiger partial charge in [0.1, 0.15) is 6.33 Å². The van der Waals surface area contributed by atoms with Gasteiger partial charge in [0.05, 0.1) is 0 Å². The Balaban J connectivity index is 1.56. The van der Waals surface area contributed by atoms with E-state index in [1.165, 1.54) is 4.88 Å². The Morgan fingerprint density at radius 3 is 3.14 bits per heavy atom. The fraction of sp³-hybridized carbons (Fsp3) is 0.438. The van der Waals surface area contributed by atoms with E-state index < -0.39 is 0 Å². The highest BCUT2D eigenvalue weighted by atomic mass is 32.1. The highest BCUT2D eigenvalue weighted by molar-refractivity contribution is 7.09. The van der Waals surface area contributed by atoms with Crippen molar-refractivity contribution < 1.29 is 4.79 Å². The summed E-state index contributed by atoms with van der Waals surface area (Å²) in [6, 6.07) is 6.10. The molecule has 0 N–H and O–H groups in total. The molecule has 3 heterocycles. The Bertz CT molecular complexity index is 570. The molecule has 1 fully saturated rings. The average Bonchev–Trinajstić information content (AvgIpc) is 3.07. The predicted octanol–water partition coefficient (Wildman–Crippen LogP) is 2.88. The third-order valence-corrected chi connectivity index (χ3v) is 4.90. The number of aryl methyl sites for hydroxylation is 1. The van der Waals surface area contributed by atoms with E-state index in [1.807, 2.05) is 17.0 Å². The minimum Gasteiger partial charge on any atom is -0.342 e. The maximum atomic E-state index is 12.4. The molecule has 0 aliphatic carbocycles. The van der Waals surface area contributed by atoms with Crippen LogP contribution in [0.25, 0.3) is 0 Å². The highest BCUT2D eigenvalue weighted by Gasteiger charge is 2.25. The van der Waals surface area contributed by atoms with E-state index in [2.05, 4.69) is 21.4 Å². The van der Waals surface area contributed by atoms with E-state index in [0.717, 1.165) is 38.0 Å². The SMILES string of the molecule is O=C(CCc1cccs1)N1CCC[C@H](c2ccncn2)C1. The molecule has 0 saturated carbocycles. The number of aromatic nitrogens is 2. The molecule has 4 nitrogen and oxygen atoms in total. The van der Waals surface area contributed by atoms with E-state index in [4.69, 9.17) is 0 Å². The summed E-state index contributed by atoms with van der Waals surface area (Å²) in [6.07, 6.45) is 6.99. The molecular weight excluding hydrogens is 282 g/mol. The zero-order chi connectivity index (χ0) is 14.5. The van der Waals surface area contributed by atoms with Crippen LogP contribution in [0.2, 0.25) is 0 Å². The standard InChI is InChI=1S/C16H19N3OS/c20-16(6-5-14-4-2-10-21-14)19-9-1-3-13(11-19)15-7-8-17-12-18-15/h2,4,7-8,10,12-13H,1,3,5-6,9,11H2/t13-/m0/s1. The van der Waals surface area contributed by atoms with Crippen LogP contribution in [0.15, 0.2) is 36.1 Å². The summed E-state index contributed by atoms with van der Waals surface area (Å²) >= 11 is 1.72. The van der Waals surface area contributed by atoms with Crippen LogP contribution in [-0.4, -0.2) is 33.9 Å². The van der Waals surface area contributed by atoms with Gasteiger partial charge in [-0.15, -0.1) is 11.3 Å². The number of amides is 1. The van der Waals surface area contributed by atoms with Gasteiger partial charge in [0.25, 0.3) is 0 Å². The van der Waals surface area contributed by atoms with Crippen molar-refractivity contribution in [1.29, 1.82) is 0 Å². The fourth-order valence-corrected chi connectivity index (χ4v) is 3.54. The average molecular weight is 301 g/mol. The number of nitrogens with zero attached hydrogens (tertiary/aromatic N) is 3. The fourth-order valence-electron chi connectivity index (χ4n) is 2.83. The molecule has 1 atom stereocenters. The van der Waals surface area contributed by atoms with Crippen molar-refractivity contribution in [1.82, 2.24) is 14.9 Å². The molecular formula is C16H19N3OS. The first kappa shape index (κ1) is 14.2. The van der Waals surface area contributed by atoms with Crippen molar-refractivity contribution in [3.63, 3.8) is 0 Å². The second-order valence-electron chi connectivity index (χ2n) is 5.39. The number of hydrogen-bond acceptors (Lipinski definition) is 4. The largest absolute Gasteiger partial charge is 0.342 e. The van der Waals surface area contributed by atoms with E-state index in [1.54, 1.807) is 23.9 Å². The topological polar surface area (TPSA) is 46.1 Å². The first-order valence-electron chi connectivity index (χ1n) is 7.39. The van der Waals surface area contributed by atoms with Gasteiger partial charge in [-0.2, -0.15) is 0 Å². The number of thiophene rings is 1.